The maximum Gasteiger partial charge on any atom is 0.227 e. The third-order valence-corrected chi connectivity index (χ3v) is 4.90. The molecule has 3 rings (SSSR count). The lowest BCUT2D eigenvalue weighted by Crippen LogP contribution is -2.46. The van der Waals surface area contributed by atoms with E-state index in [2.05, 4.69) is 27.7 Å². The lowest BCUT2D eigenvalue weighted by molar-refractivity contribution is -0.122. The van der Waals surface area contributed by atoms with Crippen LogP contribution in [0.1, 0.15) is 18.4 Å². The van der Waals surface area contributed by atoms with Gasteiger partial charge in [0.2, 0.25) is 5.91 Å². The Hall–Kier alpha value is -2.11. The summed E-state index contributed by atoms with van der Waals surface area (Å²) in [5.74, 6) is 0.775. The lowest BCUT2D eigenvalue weighted by atomic mass is 9.97. The number of piperazine rings is 1. The molecule has 25 heavy (non-hydrogen) atoms. The molecule has 1 unspecified atom stereocenters. The number of benzene rings is 2. The zero-order valence-electron chi connectivity index (χ0n) is 15.0. The molecule has 0 bridgehead atoms. The Morgan fingerprint density at radius 2 is 1.92 bits per heavy atom. The van der Waals surface area contributed by atoms with E-state index in [-0.39, 0.29) is 11.8 Å². The van der Waals surface area contributed by atoms with E-state index >= 15 is 0 Å². The molecule has 134 valence electrons. The van der Waals surface area contributed by atoms with Crippen LogP contribution in [0.3, 0.4) is 0 Å². The normalized spacial score (nSPS) is 16.6. The van der Waals surface area contributed by atoms with Gasteiger partial charge in [0.1, 0.15) is 5.75 Å². The van der Waals surface area contributed by atoms with Crippen molar-refractivity contribution in [2.45, 2.75) is 12.8 Å². The van der Waals surface area contributed by atoms with Gasteiger partial charge in [0, 0.05) is 39.3 Å². The van der Waals surface area contributed by atoms with Gasteiger partial charge in [0.25, 0.3) is 0 Å². The quantitative estimate of drug-likeness (QED) is 0.844. The Bertz CT molecular complexity index is 726. The van der Waals surface area contributed by atoms with E-state index in [4.69, 9.17) is 4.74 Å². The van der Waals surface area contributed by atoms with Gasteiger partial charge in [-0.1, -0.05) is 24.3 Å². The molecule has 1 fully saturated rings. The molecule has 1 saturated heterocycles. The monoisotopic (exact) mass is 341 g/mol. The fourth-order valence-corrected chi connectivity index (χ4v) is 3.22. The minimum atomic E-state index is -0.158. The molecule has 2 aromatic rings. The van der Waals surface area contributed by atoms with E-state index in [1.807, 2.05) is 31.2 Å². The van der Waals surface area contributed by atoms with Crippen LogP contribution in [0.5, 0.6) is 5.75 Å². The summed E-state index contributed by atoms with van der Waals surface area (Å²) in [4.78, 5) is 14.8. The number of nitrogens with one attached hydrogen (secondary N) is 2. The van der Waals surface area contributed by atoms with Crippen molar-refractivity contribution in [2.24, 2.45) is 0 Å². The highest BCUT2D eigenvalue weighted by atomic mass is 16.5. The summed E-state index contributed by atoms with van der Waals surface area (Å²) in [5.41, 5.74) is 1.04. The minimum absolute atomic E-state index is 0.0861. The van der Waals surface area contributed by atoms with Gasteiger partial charge in [-0.15, -0.1) is 0 Å². The Labute approximate surface area is 149 Å². The number of rotatable bonds is 6. The van der Waals surface area contributed by atoms with Gasteiger partial charge in [-0.05, 0) is 35.4 Å². The summed E-state index contributed by atoms with van der Waals surface area (Å²) in [6, 6.07) is 12.2. The Morgan fingerprint density at radius 3 is 2.68 bits per heavy atom. The number of hydrogen-bond acceptors (Lipinski definition) is 4. The first-order chi connectivity index (χ1) is 12.2. The van der Waals surface area contributed by atoms with Crippen LogP contribution < -0.4 is 15.4 Å². The first kappa shape index (κ1) is 17.7. The van der Waals surface area contributed by atoms with Gasteiger partial charge in [-0.2, -0.15) is 0 Å². The Balaban J connectivity index is 1.58. The summed E-state index contributed by atoms with van der Waals surface area (Å²) in [6.07, 6.45) is 0. The summed E-state index contributed by atoms with van der Waals surface area (Å²) < 4.78 is 5.26. The second kappa shape index (κ2) is 8.32. The molecular weight excluding hydrogens is 314 g/mol. The van der Waals surface area contributed by atoms with E-state index in [0.717, 1.165) is 54.8 Å². The smallest absolute Gasteiger partial charge is 0.227 e. The molecule has 1 heterocycles. The van der Waals surface area contributed by atoms with E-state index in [1.165, 1.54) is 0 Å². The molecule has 0 saturated carbocycles. The third-order valence-electron chi connectivity index (χ3n) is 4.90. The molecule has 5 nitrogen and oxygen atoms in total. The summed E-state index contributed by atoms with van der Waals surface area (Å²) >= 11 is 0. The van der Waals surface area contributed by atoms with Crippen molar-refractivity contribution in [1.82, 2.24) is 15.5 Å². The zero-order valence-corrected chi connectivity index (χ0v) is 15.0. The topological polar surface area (TPSA) is 53.6 Å². The van der Waals surface area contributed by atoms with Crippen LogP contribution in [-0.4, -0.2) is 57.2 Å². The maximum absolute atomic E-state index is 12.5. The molecular formula is C20H27N3O2. The number of methoxy groups -OCH3 is 1. The molecule has 0 radical (unpaired) electrons. The van der Waals surface area contributed by atoms with Crippen molar-refractivity contribution in [3.8, 4) is 5.75 Å². The average Bonchev–Trinajstić information content (AvgIpc) is 2.67. The number of nitrogens with zero attached hydrogens (tertiary/aromatic N) is 1. The SMILES string of the molecule is COc1ccc2cc(C(C)C(=O)NCCN3CCNCC3)ccc2c1. The van der Waals surface area contributed by atoms with Gasteiger partial charge >= 0.3 is 0 Å². The van der Waals surface area contributed by atoms with Crippen LogP contribution >= 0.6 is 0 Å². The van der Waals surface area contributed by atoms with Crippen molar-refractivity contribution in [3.05, 3.63) is 42.0 Å². The molecule has 0 aliphatic carbocycles. The average molecular weight is 341 g/mol. The third kappa shape index (κ3) is 4.50. The van der Waals surface area contributed by atoms with Crippen LogP contribution in [0, 0.1) is 0 Å². The Kier molecular flexibility index (Phi) is 5.89. The van der Waals surface area contributed by atoms with Gasteiger partial charge in [0.15, 0.2) is 0 Å². The van der Waals surface area contributed by atoms with E-state index in [0.29, 0.717) is 6.54 Å². The lowest BCUT2D eigenvalue weighted by Gasteiger charge is -2.27. The number of carbonyl (C=O) groups is 1. The highest BCUT2D eigenvalue weighted by Crippen LogP contribution is 2.25. The second-order valence-electron chi connectivity index (χ2n) is 6.58. The molecule has 1 atom stereocenters. The van der Waals surface area contributed by atoms with Crippen LogP contribution in [0.25, 0.3) is 10.8 Å². The highest BCUT2D eigenvalue weighted by molar-refractivity contribution is 5.88. The summed E-state index contributed by atoms with van der Waals surface area (Å²) in [5, 5.41) is 8.66. The minimum Gasteiger partial charge on any atom is -0.497 e. The molecule has 2 N–H and O–H groups in total. The molecule has 2 aromatic carbocycles. The fraction of sp³-hybridized carbons (Fsp3) is 0.450. The van der Waals surface area contributed by atoms with Crippen LogP contribution in [0.15, 0.2) is 36.4 Å². The number of hydrogen-bond donors (Lipinski definition) is 2. The number of carbonyl (C=O) groups excluding carboxylic acids is 1. The summed E-state index contributed by atoms with van der Waals surface area (Å²) in [7, 11) is 1.67. The molecule has 0 spiro atoms. The highest BCUT2D eigenvalue weighted by Gasteiger charge is 2.16. The van der Waals surface area contributed by atoms with Gasteiger partial charge in [-0.25, -0.2) is 0 Å². The largest absolute Gasteiger partial charge is 0.497 e. The van der Waals surface area contributed by atoms with Crippen molar-refractivity contribution in [3.63, 3.8) is 0 Å². The molecule has 5 heteroatoms. The summed E-state index contributed by atoms with van der Waals surface area (Å²) in [6.45, 7) is 7.76. The van der Waals surface area contributed by atoms with Crippen molar-refractivity contribution >= 4 is 16.7 Å². The van der Waals surface area contributed by atoms with Gasteiger partial charge < -0.3 is 15.4 Å². The molecule has 1 aliphatic heterocycles. The predicted octanol–water partition coefficient (Wildman–Crippen LogP) is 1.97. The maximum atomic E-state index is 12.5. The van der Waals surface area contributed by atoms with Gasteiger partial charge in [-0.3, -0.25) is 9.69 Å². The fourth-order valence-electron chi connectivity index (χ4n) is 3.22. The van der Waals surface area contributed by atoms with E-state index in [1.54, 1.807) is 7.11 Å². The molecule has 1 amide bonds. The van der Waals surface area contributed by atoms with Crippen molar-refractivity contribution in [2.75, 3.05) is 46.4 Å². The van der Waals surface area contributed by atoms with E-state index < -0.39 is 0 Å². The van der Waals surface area contributed by atoms with Crippen LogP contribution in [0.4, 0.5) is 0 Å². The first-order valence-corrected chi connectivity index (χ1v) is 8.96. The van der Waals surface area contributed by atoms with Crippen molar-refractivity contribution < 1.29 is 9.53 Å². The van der Waals surface area contributed by atoms with E-state index in [9.17, 15) is 4.79 Å². The first-order valence-electron chi connectivity index (χ1n) is 8.96. The predicted molar refractivity (Wildman–Crippen MR) is 101 cm³/mol. The number of ether oxygens (including phenoxy) is 1. The second-order valence-corrected chi connectivity index (χ2v) is 6.58. The standard InChI is InChI=1S/C20H27N3O2/c1-15(20(24)22-9-12-23-10-7-21-8-11-23)16-3-4-18-14-19(25-2)6-5-17(18)13-16/h3-6,13-15,21H,7-12H2,1-2H3,(H,22,24). The van der Waals surface area contributed by atoms with Crippen molar-refractivity contribution in [1.29, 1.82) is 0 Å². The van der Waals surface area contributed by atoms with Crippen LogP contribution in [-0.2, 0) is 4.79 Å². The van der Waals surface area contributed by atoms with Gasteiger partial charge in [0.05, 0.1) is 13.0 Å². The molecule has 0 aromatic heterocycles. The van der Waals surface area contributed by atoms with Crippen LogP contribution in [0.2, 0.25) is 0 Å². The Morgan fingerprint density at radius 1 is 1.20 bits per heavy atom. The number of amides is 1. The zero-order chi connectivity index (χ0) is 17.6. The molecule has 1 aliphatic rings. The number of fused-ring (bicyclic) bond motifs is 1.